The van der Waals surface area contributed by atoms with Crippen LogP contribution in [0.2, 0.25) is 0 Å². The summed E-state index contributed by atoms with van der Waals surface area (Å²) in [5.41, 5.74) is 20.5. The minimum Gasteiger partial charge on any atom is -0.672 e. The van der Waals surface area contributed by atoms with Crippen LogP contribution in [0.15, 0.2) is 133 Å². The second-order valence-electron chi connectivity index (χ2n) is 9.28. The third-order valence-corrected chi connectivity index (χ3v) is 7.79. The smallest absolute Gasteiger partial charge is 0.0606 e. The maximum Gasteiger partial charge on any atom is -0.0606 e. The van der Waals surface area contributed by atoms with Gasteiger partial charge in [-0.1, -0.05) is 145 Å². The summed E-state index contributed by atoms with van der Waals surface area (Å²) in [6.07, 6.45) is 0. The summed E-state index contributed by atoms with van der Waals surface area (Å²) in [5, 5.41) is 7.63. The number of rotatable bonds is 4. The van der Waals surface area contributed by atoms with Crippen molar-refractivity contribution in [2.45, 2.75) is 12.1 Å². The Labute approximate surface area is 255 Å². The van der Waals surface area contributed by atoms with Gasteiger partial charge in [-0.3, -0.25) is 0 Å². The summed E-state index contributed by atoms with van der Waals surface area (Å²) < 4.78 is 0. The van der Waals surface area contributed by atoms with Gasteiger partial charge in [-0.2, -0.15) is 0 Å². The van der Waals surface area contributed by atoms with Gasteiger partial charge in [0.2, 0.25) is 0 Å². The van der Waals surface area contributed by atoms with Crippen molar-refractivity contribution in [1.29, 1.82) is 0 Å². The Bertz CT molecular complexity index is 1550. The van der Waals surface area contributed by atoms with E-state index in [-0.39, 0.29) is 0 Å². The van der Waals surface area contributed by atoms with Crippen LogP contribution < -0.4 is 10.6 Å². The second kappa shape index (κ2) is 15.0. The van der Waals surface area contributed by atoms with Crippen molar-refractivity contribution in [3.8, 4) is 11.1 Å². The van der Waals surface area contributed by atoms with E-state index in [2.05, 4.69) is 101 Å². The average Bonchev–Trinajstić information content (AvgIpc) is 3.03. The molecule has 6 heteroatoms. The van der Waals surface area contributed by atoms with E-state index in [1.54, 1.807) is 17.3 Å². The van der Waals surface area contributed by atoms with E-state index < -0.39 is 12.1 Å². The van der Waals surface area contributed by atoms with Gasteiger partial charge in [0.25, 0.3) is 0 Å². The first-order valence-electron chi connectivity index (χ1n) is 12.8. The molecular formula is C34H31ClN2P2Ru. The van der Waals surface area contributed by atoms with Crippen molar-refractivity contribution in [3.05, 3.63) is 156 Å². The first-order chi connectivity index (χ1) is 19.5. The number of hydrogen-bond acceptors (Lipinski definition) is 0. The zero-order valence-electron chi connectivity index (χ0n) is 21.8. The molecule has 0 amide bonds. The molecule has 0 radical (unpaired) electrons. The average molecular weight is 666 g/mol. The Balaban J connectivity index is 0.000000183. The van der Waals surface area contributed by atoms with Crippen LogP contribution in [0.1, 0.15) is 23.2 Å². The molecule has 6 rings (SSSR count). The largest absolute Gasteiger partial charge is 0.672 e. The maximum atomic E-state index is 8.07. The zero-order chi connectivity index (χ0) is 28.5. The molecule has 0 saturated heterocycles. The normalized spacial score (nSPS) is 12.1. The van der Waals surface area contributed by atoms with Gasteiger partial charge >= 0.3 is 27.0 Å². The van der Waals surface area contributed by atoms with E-state index in [4.69, 9.17) is 11.5 Å². The van der Waals surface area contributed by atoms with E-state index in [1.807, 2.05) is 60.7 Å². The van der Waals surface area contributed by atoms with E-state index in [0.29, 0.717) is 0 Å². The van der Waals surface area contributed by atoms with E-state index in [0.717, 1.165) is 11.1 Å². The quantitative estimate of drug-likeness (QED) is 0.133. The van der Waals surface area contributed by atoms with Crippen LogP contribution in [0, 0.1) is 0 Å². The summed E-state index contributed by atoms with van der Waals surface area (Å²) in [4.78, 5) is 0. The van der Waals surface area contributed by atoms with Crippen LogP contribution in [0.3, 0.4) is 0 Å². The van der Waals surface area contributed by atoms with Crippen LogP contribution in [0.5, 0.6) is 0 Å². The van der Waals surface area contributed by atoms with Crippen molar-refractivity contribution >= 4 is 60.3 Å². The molecule has 0 aliphatic heterocycles. The molecule has 40 heavy (non-hydrogen) atoms. The van der Waals surface area contributed by atoms with Gasteiger partial charge in [0.05, 0.1) is 0 Å². The molecule has 202 valence electrons. The van der Waals surface area contributed by atoms with Crippen molar-refractivity contribution in [2.24, 2.45) is 0 Å². The van der Waals surface area contributed by atoms with Gasteiger partial charge < -0.3 is 11.5 Å². The second-order valence-corrected chi connectivity index (χ2v) is 10.5. The molecule has 0 heterocycles. The van der Waals surface area contributed by atoms with Crippen LogP contribution >= 0.6 is 28.2 Å². The minimum absolute atomic E-state index is 0.524. The predicted octanol–water partition coefficient (Wildman–Crippen LogP) is 9.65. The first-order valence-corrected chi connectivity index (χ1v) is 16.3. The monoisotopic (exact) mass is 666 g/mol. The van der Waals surface area contributed by atoms with Crippen molar-refractivity contribution in [2.75, 3.05) is 0 Å². The molecule has 6 aromatic carbocycles. The molecule has 0 bridgehead atoms. The van der Waals surface area contributed by atoms with Gasteiger partial charge in [-0.25, -0.2) is 0 Å². The van der Waals surface area contributed by atoms with E-state index in [9.17, 15) is 0 Å². The third-order valence-electron chi connectivity index (χ3n) is 6.82. The SMILES string of the molecule is Pc1ccc2ccccc2c1-c1c(P)ccc2ccccc12.[Cl][RuH+2].[NH-][C@@H](c1ccccc1)[C@@H]([NH-])c1ccccc1. The van der Waals surface area contributed by atoms with Gasteiger partial charge in [0.15, 0.2) is 0 Å². The van der Waals surface area contributed by atoms with E-state index in [1.165, 1.54) is 43.3 Å². The Morgan fingerprint density at radius 2 is 0.775 bits per heavy atom. The number of fused-ring (bicyclic) bond motifs is 2. The molecule has 0 fully saturated rings. The van der Waals surface area contributed by atoms with Crippen molar-refractivity contribution in [3.63, 3.8) is 0 Å². The Hall–Kier alpha value is -2.47. The van der Waals surface area contributed by atoms with Gasteiger partial charge in [0.1, 0.15) is 0 Å². The van der Waals surface area contributed by atoms with Crippen LogP contribution in [0.4, 0.5) is 0 Å². The van der Waals surface area contributed by atoms with Gasteiger partial charge in [0, 0.05) is 0 Å². The van der Waals surface area contributed by atoms with Crippen LogP contribution in [-0.2, 0) is 17.3 Å². The van der Waals surface area contributed by atoms with Crippen LogP contribution in [-0.4, -0.2) is 0 Å². The van der Waals surface area contributed by atoms with Crippen LogP contribution in [0.25, 0.3) is 44.1 Å². The zero-order valence-corrected chi connectivity index (χ0v) is 26.7. The molecule has 0 spiro atoms. The Kier molecular flexibility index (Phi) is 11.4. The third kappa shape index (κ3) is 7.05. The van der Waals surface area contributed by atoms with Gasteiger partial charge in [-0.05, 0) is 43.3 Å². The number of benzene rings is 6. The summed E-state index contributed by atoms with van der Waals surface area (Å²) in [6, 6.07) is 44.0. The predicted molar refractivity (Wildman–Crippen MR) is 180 cm³/mol. The number of hydrogen-bond donors (Lipinski definition) is 0. The van der Waals surface area contributed by atoms with E-state index >= 15 is 0 Å². The van der Waals surface area contributed by atoms with Gasteiger partial charge in [-0.15, -0.1) is 30.6 Å². The molecule has 0 aliphatic carbocycles. The molecule has 2 nitrogen and oxygen atoms in total. The first kappa shape index (κ1) is 30.5. The summed E-state index contributed by atoms with van der Waals surface area (Å²) in [6.45, 7) is 0. The maximum absolute atomic E-state index is 8.07. The fraction of sp³-hybridized carbons (Fsp3) is 0.0588. The van der Waals surface area contributed by atoms with Crippen molar-refractivity contribution < 1.29 is 17.3 Å². The molecule has 0 aromatic heterocycles. The summed E-state index contributed by atoms with van der Waals surface area (Å²) >= 11 is 1.62. The Morgan fingerprint density at radius 3 is 1.15 bits per heavy atom. The molecule has 4 atom stereocenters. The molecule has 0 saturated carbocycles. The summed E-state index contributed by atoms with van der Waals surface area (Å²) in [5.74, 6) is 0. The summed E-state index contributed by atoms with van der Waals surface area (Å²) in [7, 11) is 10.4. The fourth-order valence-electron chi connectivity index (χ4n) is 4.84. The fourth-order valence-corrected chi connectivity index (χ4v) is 5.63. The molecule has 2 N–H and O–H groups in total. The molecule has 6 aromatic rings. The number of nitrogens with one attached hydrogen (secondary N) is 2. The molecule has 2 unspecified atom stereocenters. The van der Waals surface area contributed by atoms with Crippen molar-refractivity contribution in [1.82, 2.24) is 0 Å². The topological polar surface area (TPSA) is 47.6 Å². The minimum atomic E-state index is -0.524. The molecular weight excluding hydrogens is 635 g/mol. The molecule has 0 aliphatic rings. The standard InChI is InChI=1S/C20H16P2.C14H14N2.ClH.Ru.H/c21-17-11-9-13-5-1-3-7-15(13)19(17)20-16-8-4-2-6-14(16)10-12-18(20)22;15-13(11-7-3-1-4-8-11)14(16)12-9-5-2-6-10-12;;;/h1-12H,21-22H2;1-10,13-16H;1H;;/q;-2;;+3;/p-1/t;13-,14-;;;/m.0.../s1. The Morgan fingerprint density at radius 1 is 0.450 bits per heavy atom. The number of halogens is 1.